The Bertz CT molecular complexity index is 3190. The second-order valence-corrected chi connectivity index (χ2v) is 13.3. The summed E-state index contributed by atoms with van der Waals surface area (Å²) in [6.45, 7) is 0. The molecule has 3 heterocycles. The highest BCUT2D eigenvalue weighted by Gasteiger charge is 2.18. The second-order valence-electron chi connectivity index (χ2n) is 13.3. The summed E-state index contributed by atoms with van der Waals surface area (Å²) in [7, 11) is 0. The van der Waals surface area contributed by atoms with E-state index >= 15 is 0 Å². The number of fused-ring (bicyclic) bond motifs is 8. The topological polar surface area (TPSA) is 56.7 Å². The van der Waals surface area contributed by atoms with Crippen LogP contribution in [0.2, 0.25) is 0 Å². The third-order valence-electron chi connectivity index (χ3n) is 10.2. The molecule has 8 aromatic carbocycles. The zero-order chi connectivity index (χ0) is 34.2. The van der Waals surface area contributed by atoms with Gasteiger partial charge in [0.15, 0.2) is 17.5 Å². The molecule has 0 spiro atoms. The molecule has 0 aliphatic rings. The van der Waals surface area contributed by atoms with E-state index in [-0.39, 0.29) is 0 Å². The number of para-hydroxylation sites is 1. The van der Waals surface area contributed by atoms with E-state index in [0.29, 0.717) is 17.5 Å². The highest BCUT2D eigenvalue weighted by Crippen LogP contribution is 2.38. The van der Waals surface area contributed by atoms with Crippen LogP contribution in [0.15, 0.2) is 174 Å². The minimum Gasteiger partial charge on any atom is -0.456 e. The van der Waals surface area contributed by atoms with E-state index in [9.17, 15) is 0 Å². The Balaban J connectivity index is 1.10. The van der Waals surface area contributed by atoms with Crippen LogP contribution in [0.3, 0.4) is 0 Å². The van der Waals surface area contributed by atoms with E-state index in [0.717, 1.165) is 49.7 Å². The van der Waals surface area contributed by atoms with Gasteiger partial charge in [0, 0.05) is 43.9 Å². The van der Waals surface area contributed by atoms with Crippen LogP contribution in [-0.2, 0) is 0 Å². The molecular formula is C47H28N4O. The SMILES string of the molecule is c1ccc(-c2nc(-c3ccc4ccccc4c3)nc(-c3ccc4oc5ccc(-n6c7ccccc7c7cc8ccccc8cc76)cc5c4c3)n2)cc1. The molecule has 0 aliphatic carbocycles. The van der Waals surface area contributed by atoms with Gasteiger partial charge in [0.05, 0.1) is 11.0 Å². The maximum absolute atomic E-state index is 6.41. The number of benzene rings is 8. The lowest BCUT2D eigenvalue weighted by Crippen LogP contribution is -2.00. The van der Waals surface area contributed by atoms with E-state index in [1.165, 1.54) is 38.0 Å². The van der Waals surface area contributed by atoms with Crippen LogP contribution in [0.4, 0.5) is 0 Å². The molecule has 0 saturated carbocycles. The molecule has 0 atom stereocenters. The molecule has 0 unspecified atom stereocenters. The van der Waals surface area contributed by atoms with Crippen LogP contribution < -0.4 is 0 Å². The fraction of sp³-hybridized carbons (Fsp3) is 0. The molecule has 5 heteroatoms. The van der Waals surface area contributed by atoms with Crippen LogP contribution >= 0.6 is 0 Å². The van der Waals surface area contributed by atoms with E-state index < -0.39 is 0 Å². The number of hydrogen-bond acceptors (Lipinski definition) is 4. The second kappa shape index (κ2) is 11.2. The zero-order valence-corrected chi connectivity index (χ0v) is 27.9. The first-order valence-corrected chi connectivity index (χ1v) is 17.4. The Morgan fingerprint density at radius 2 is 0.923 bits per heavy atom. The first kappa shape index (κ1) is 28.7. The van der Waals surface area contributed by atoms with Gasteiger partial charge < -0.3 is 8.98 Å². The van der Waals surface area contributed by atoms with Crippen molar-refractivity contribution < 1.29 is 4.42 Å². The minimum absolute atomic E-state index is 0.610. The van der Waals surface area contributed by atoms with Crippen molar-refractivity contribution in [1.82, 2.24) is 19.5 Å². The zero-order valence-electron chi connectivity index (χ0n) is 27.9. The van der Waals surface area contributed by atoms with Crippen LogP contribution in [0.5, 0.6) is 0 Å². The molecule has 242 valence electrons. The van der Waals surface area contributed by atoms with Crippen molar-refractivity contribution in [1.29, 1.82) is 0 Å². The summed E-state index contributed by atoms with van der Waals surface area (Å²) >= 11 is 0. The van der Waals surface area contributed by atoms with Gasteiger partial charge in [0.2, 0.25) is 0 Å². The predicted molar refractivity (Wildman–Crippen MR) is 213 cm³/mol. The van der Waals surface area contributed by atoms with E-state index in [1.54, 1.807) is 0 Å². The van der Waals surface area contributed by atoms with Gasteiger partial charge in [-0.25, -0.2) is 15.0 Å². The number of hydrogen-bond donors (Lipinski definition) is 0. The number of nitrogens with zero attached hydrogens (tertiary/aromatic N) is 4. The van der Waals surface area contributed by atoms with Crippen LogP contribution in [0, 0.1) is 0 Å². The summed E-state index contributed by atoms with van der Waals surface area (Å²) in [6.07, 6.45) is 0. The standard InChI is InChI=1S/C47H28N4O/c1-2-11-30(12-3-1)45-48-46(34-19-18-29-10-4-5-13-31(29)24-34)50-47(49-45)35-20-22-43-39(26-35)40-28-36(21-23-44(40)52-43)51-41-17-9-8-16-37(41)38-25-32-14-6-7-15-33(32)27-42(38)51/h1-28H. The molecule has 11 rings (SSSR count). The Morgan fingerprint density at radius 1 is 0.346 bits per heavy atom. The van der Waals surface area contributed by atoms with E-state index in [1.807, 2.05) is 42.5 Å². The average Bonchev–Trinajstić information content (AvgIpc) is 3.74. The fourth-order valence-corrected chi connectivity index (χ4v) is 7.66. The maximum atomic E-state index is 6.41. The number of rotatable bonds is 4. The number of furan rings is 1. The van der Waals surface area contributed by atoms with Crippen LogP contribution in [-0.4, -0.2) is 19.5 Å². The lowest BCUT2D eigenvalue weighted by molar-refractivity contribution is 0.669. The average molecular weight is 665 g/mol. The van der Waals surface area contributed by atoms with Gasteiger partial charge in [-0.2, -0.15) is 0 Å². The lowest BCUT2D eigenvalue weighted by Gasteiger charge is -2.09. The van der Waals surface area contributed by atoms with Gasteiger partial charge in [-0.15, -0.1) is 0 Å². The normalized spacial score (nSPS) is 11.8. The molecule has 5 nitrogen and oxygen atoms in total. The van der Waals surface area contributed by atoms with Crippen molar-refractivity contribution in [2.75, 3.05) is 0 Å². The fourth-order valence-electron chi connectivity index (χ4n) is 7.66. The van der Waals surface area contributed by atoms with Crippen LogP contribution in [0.25, 0.3) is 105 Å². The highest BCUT2D eigenvalue weighted by atomic mass is 16.3. The van der Waals surface area contributed by atoms with Crippen LogP contribution in [0.1, 0.15) is 0 Å². The summed E-state index contributed by atoms with van der Waals surface area (Å²) in [5, 5.41) is 9.28. The molecule has 0 fully saturated rings. The Kier molecular flexibility index (Phi) is 6.18. The molecule has 52 heavy (non-hydrogen) atoms. The molecule has 11 aromatic rings. The molecular weight excluding hydrogens is 637 g/mol. The van der Waals surface area contributed by atoms with Crippen molar-refractivity contribution in [3.05, 3.63) is 170 Å². The summed E-state index contributed by atoms with van der Waals surface area (Å²) in [6, 6.07) is 59.3. The van der Waals surface area contributed by atoms with Crippen molar-refractivity contribution in [3.63, 3.8) is 0 Å². The first-order valence-electron chi connectivity index (χ1n) is 17.4. The van der Waals surface area contributed by atoms with Gasteiger partial charge in [-0.05, 0) is 82.2 Å². The van der Waals surface area contributed by atoms with Crippen molar-refractivity contribution in [3.8, 4) is 39.9 Å². The highest BCUT2D eigenvalue weighted by molar-refractivity contribution is 6.14. The predicted octanol–water partition coefficient (Wildman–Crippen LogP) is 12.2. The largest absolute Gasteiger partial charge is 0.456 e. The van der Waals surface area contributed by atoms with Gasteiger partial charge in [-0.3, -0.25) is 0 Å². The van der Waals surface area contributed by atoms with Gasteiger partial charge in [-0.1, -0.05) is 109 Å². The molecule has 0 aliphatic heterocycles. The molecule has 0 N–H and O–H groups in total. The smallest absolute Gasteiger partial charge is 0.164 e. The lowest BCUT2D eigenvalue weighted by atomic mass is 10.1. The van der Waals surface area contributed by atoms with Gasteiger partial charge in [0.1, 0.15) is 11.2 Å². The molecule has 0 amide bonds. The van der Waals surface area contributed by atoms with Crippen molar-refractivity contribution in [2.24, 2.45) is 0 Å². The molecule has 0 saturated heterocycles. The summed E-state index contributed by atoms with van der Waals surface area (Å²) < 4.78 is 8.78. The van der Waals surface area contributed by atoms with Crippen molar-refractivity contribution >= 4 is 65.3 Å². The monoisotopic (exact) mass is 664 g/mol. The third-order valence-corrected chi connectivity index (χ3v) is 10.2. The number of aromatic nitrogens is 4. The summed E-state index contributed by atoms with van der Waals surface area (Å²) in [5.41, 5.74) is 7.84. The first-order chi connectivity index (χ1) is 25.7. The Morgan fingerprint density at radius 3 is 1.71 bits per heavy atom. The van der Waals surface area contributed by atoms with Crippen molar-refractivity contribution in [2.45, 2.75) is 0 Å². The quantitative estimate of drug-likeness (QED) is 0.188. The third kappa shape index (κ3) is 4.53. The summed E-state index contributed by atoms with van der Waals surface area (Å²) in [5.74, 6) is 1.87. The summed E-state index contributed by atoms with van der Waals surface area (Å²) in [4.78, 5) is 15.1. The Hall–Kier alpha value is -7.11. The van der Waals surface area contributed by atoms with E-state index in [2.05, 4.69) is 132 Å². The van der Waals surface area contributed by atoms with Gasteiger partial charge in [0.25, 0.3) is 0 Å². The molecule has 3 aromatic heterocycles. The van der Waals surface area contributed by atoms with Gasteiger partial charge >= 0.3 is 0 Å². The molecule has 0 radical (unpaired) electrons. The minimum atomic E-state index is 0.610. The maximum Gasteiger partial charge on any atom is 0.164 e. The van der Waals surface area contributed by atoms with E-state index in [4.69, 9.17) is 19.4 Å². The molecule has 0 bridgehead atoms. The Labute approximate surface area is 298 Å².